The van der Waals surface area contributed by atoms with E-state index in [0.717, 1.165) is 5.92 Å². The van der Waals surface area contributed by atoms with Gasteiger partial charge in [-0.3, -0.25) is 0 Å². The SMILES string of the molecule is CCSCC(NC)C(C)CC. The Morgan fingerprint density at radius 3 is 2.36 bits per heavy atom. The second-order valence-corrected chi connectivity index (χ2v) is 4.26. The van der Waals surface area contributed by atoms with Crippen LogP contribution < -0.4 is 5.32 Å². The summed E-state index contributed by atoms with van der Waals surface area (Å²) in [6.07, 6.45) is 1.27. The summed E-state index contributed by atoms with van der Waals surface area (Å²) in [4.78, 5) is 0. The minimum absolute atomic E-state index is 0.699. The molecule has 0 aliphatic carbocycles. The Labute approximate surface area is 75.3 Å². The number of nitrogens with one attached hydrogen (secondary N) is 1. The first-order chi connectivity index (χ1) is 5.26. The molecule has 0 aliphatic heterocycles. The zero-order valence-electron chi connectivity index (χ0n) is 8.18. The second-order valence-electron chi connectivity index (χ2n) is 2.94. The molecule has 0 aromatic heterocycles. The number of thioether (sulfide) groups is 1. The van der Waals surface area contributed by atoms with Crippen molar-refractivity contribution in [1.82, 2.24) is 5.32 Å². The fourth-order valence-electron chi connectivity index (χ4n) is 1.06. The van der Waals surface area contributed by atoms with Gasteiger partial charge in [-0.05, 0) is 18.7 Å². The second kappa shape index (κ2) is 6.99. The van der Waals surface area contributed by atoms with E-state index in [2.05, 4.69) is 33.1 Å². The maximum absolute atomic E-state index is 3.37. The van der Waals surface area contributed by atoms with Gasteiger partial charge in [0.05, 0.1) is 0 Å². The summed E-state index contributed by atoms with van der Waals surface area (Å²) in [5.41, 5.74) is 0. The van der Waals surface area contributed by atoms with Gasteiger partial charge in [0, 0.05) is 11.8 Å². The van der Waals surface area contributed by atoms with E-state index in [0.29, 0.717) is 6.04 Å². The molecule has 68 valence electrons. The van der Waals surface area contributed by atoms with E-state index >= 15 is 0 Å². The van der Waals surface area contributed by atoms with Crippen molar-refractivity contribution >= 4 is 11.8 Å². The summed E-state index contributed by atoms with van der Waals surface area (Å²) in [6, 6.07) is 0.699. The van der Waals surface area contributed by atoms with Crippen molar-refractivity contribution in [3.63, 3.8) is 0 Å². The average molecular weight is 175 g/mol. The highest BCUT2D eigenvalue weighted by molar-refractivity contribution is 7.99. The maximum atomic E-state index is 3.37. The molecule has 0 aromatic carbocycles. The molecule has 1 nitrogen and oxygen atoms in total. The predicted molar refractivity (Wildman–Crippen MR) is 55.3 cm³/mol. The van der Waals surface area contributed by atoms with Gasteiger partial charge < -0.3 is 5.32 Å². The first-order valence-electron chi connectivity index (χ1n) is 4.51. The van der Waals surface area contributed by atoms with Crippen LogP contribution in [0, 0.1) is 5.92 Å². The van der Waals surface area contributed by atoms with Gasteiger partial charge in [-0.1, -0.05) is 27.2 Å². The van der Waals surface area contributed by atoms with Crippen molar-refractivity contribution < 1.29 is 0 Å². The highest BCUT2D eigenvalue weighted by Gasteiger charge is 2.12. The summed E-state index contributed by atoms with van der Waals surface area (Å²) in [6.45, 7) is 6.79. The van der Waals surface area contributed by atoms with E-state index < -0.39 is 0 Å². The van der Waals surface area contributed by atoms with Crippen LogP contribution in [0.3, 0.4) is 0 Å². The molecule has 0 aliphatic rings. The van der Waals surface area contributed by atoms with Crippen LogP contribution in [0.5, 0.6) is 0 Å². The minimum Gasteiger partial charge on any atom is -0.316 e. The normalized spacial score (nSPS) is 16.4. The highest BCUT2D eigenvalue weighted by Crippen LogP contribution is 2.12. The molecule has 0 heterocycles. The van der Waals surface area contributed by atoms with Crippen molar-refractivity contribution in [3.8, 4) is 0 Å². The third-order valence-electron chi connectivity index (χ3n) is 2.20. The summed E-state index contributed by atoms with van der Waals surface area (Å²) in [5.74, 6) is 3.29. The standard InChI is InChI=1S/C9H21NS/c1-5-8(3)9(10-4)7-11-6-2/h8-10H,5-7H2,1-4H3. The summed E-state index contributed by atoms with van der Waals surface area (Å²) in [7, 11) is 2.06. The number of hydrogen-bond donors (Lipinski definition) is 1. The van der Waals surface area contributed by atoms with Crippen molar-refractivity contribution in [3.05, 3.63) is 0 Å². The first-order valence-corrected chi connectivity index (χ1v) is 5.66. The topological polar surface area (TPSA) is 12.0 Å². The Kier molecular flexibility index (Phi) is 7.18. The Hall–Kier alpha value is 0.310. The van der Waals surface area contributed by atoms with Crippen molar-refractivity contribution in [2.45, 2.75) is 33.2 Å². The van der Waals surface area contributed by atoms with Crippen LogP contribution in [0.25, 0.3) is 0 Å². The molecule has 2 heteroatoms. The third kappa shape index (κ3) is 4.70. The van der Waals surface area contributed by atoms with Crippen LogP contribution in [0.2, 0.25) is 0 Å². The fourth-order valence-corrected chi connectivity index (χ4v) is 2.05. The van der Waals surface area contributed by atoms with Gasteiger partial charge in [0.2, 0.25) is 0 Å². The van der Waals surface area contributed by atoms with E-state index in [1.807, 2.05) is 11.8 Å². The Balaban J connectivity index is 3.56. The predicted octanol–water partition coefficient (Wildman–Crippen LogP) is 2.37. The maximum Gasteiger partial charge on any atom is 0.0180 e. The average Bonchev–Trinajstić information content (AvgIpc) is 2.05. The molecule has 0 spiro atoms. The summed E-state index contributed by atoms with van der Waals surface area (Å²) in [5, 5.41) is 3.37. The molecule has 1 N–H and O–H groups in total. The van der Waals surface area contributed by atoms with Crippen molar-refractivity contribution in [2.24, 2.45) is 5.92 Å². The van der Waals surface area contributed by atoms with E-state index in [-0.39, 0.29) is 0 Å². The quantitative estimate of drug-likeness (QED) is 0.665. The van der Waals surface area contributed by atoms with Gasteiger partial charge in [-0.15, -0.1) is 0 Å². The Bertz CT molecular complexity index is 85.6. The molecule has 2 atom stereocenters. The molecular weight excluding hydrogens is 154 g/mol. The molecule has 2 unspecified atom stereocenters. The molecule has 0 rings (SSSR count). The zero-order chi connectivity index (χ0) is 8.69. The van der Waals surface area contributed by atoms with Crippen LogP contribution in [0.1, 0.15) is 27.2 Å². The van der Waals surface area contributed by atoms with Crippen LogP contribution in [0.4, 0.5) is 0 Å². The number of rotatable bonds is 6. The van der Waals surface area contributed by atoms with Crippen LogP contribution >= 0.6 is 11.8 Å². The van der Waals surface area contributed by atoms with Crippen molar-refractivity contribution in [2.75, 3.05) is 18.6 Å². The van der Waals surface area contributed by atoms with E-state index in [1.165, 1.54) is 17.9 Å². The summed E-state index contributed by atoms with van der Waals surface area (Å²) < 4.78 is 0. The van der Waals surface area contributed by atoms with Crippen LogP contribution in [0.15, 0.2) is 0 Å². The number of hydrogen-bond acceptors (Lipinski definition) is 2. The minimum atomic E-state index is 0.699. The van der Waals surface area contributed by atoms with Gasteiger partial charge in [-0.2, -0.15) is 11.8 Å². The zero-order valence-corrected chi connectivity index (χ0v) is 9.00. The monoisotopic (exact) mass is 175 g/mol. The Morgan fingerprint density at radius 1 is 1.36 bits per heavy atom. The lowest BCUT2D eigenvalue weighted by atomic mass is 10.0. The molecule has 0 saturated carbocycles. The van der Waals surface area contributed by atoms with Crippen LogP contribution in [-0.4, -0.2) is 24.6 Å². The van der Waals surface area contributed by atoms with Gasteiger partial charge in [-0.25, -0.2) is 0 Å². The molecule has 0 aromatic rings. The third-order valence-corrected chi connectivity index (χ3v) is 3.21. The molecule has 0 amide bonds. The highest BCUT2D eigenvalue weighted by atomic mass is 32.2. The molecule has 0 radical (unpaired) electrons. The van der Waals surface area contributed by atoms with E-state index in [9.17, 15) is 0 Å². The first kappa shape index (κ1) is 11.3. The van der Waals surface area contributed by atoms with Crippen molar-refractivity contribution in [1.29, 1.82) is 0 Å². The molecule has 0 saturated heterocycles. The molecule has 0 bridgehead atoms. The lowest BCUT2D eigenvalue weighted by Gasteiger charge is -2.21. The Morgan fingerprint density at radius 2 is 2.00 bits per heavy atom. The lowest BCUT2D eigenvalue weighted by molar-refractivity contribution is 0.421. The van der Waals surface area contributed by atoms with Gasteiger partial charge in [0.15, 0.2) is 0 Å². The van der Waals surface area contributed by atoms with Gasteiger partial charge in [0.25, 0.3) is 0 Å². The van der Waals surface area contributed by atoms with Gasteiger partial charge in [0.1, 0.15) is 0 Å². The lowest BCUT2D eigenvalue weighted by Crippen LogP contribution is -2.34. The summed E-state index contributed by atoms with van der Waals surface area (Å²) >= 11 is 2.02. The molecular formula is C9H21NS. The van der Waals surface area contributed by atoms with Crippen LogP contribution in [-0.2, 0) is 0 Å². The van der Waals surface area contributed by atoms with E-state index in [4.69, 9.17) is 0 Å². The van der Waals surface area contributed by atoms with Gasteiger partial charge >= 0.3 is 0 Å². The van der Waals surface area contributed by atoms with E-state index in [1.54, 1.807) is 0 Å². The smallest absolute Gasteiger partial charge is 0.0180 e. The largest absolute Gasteiger partial charge is 0.316 e. The molecule has 0 fully saturated rings. The fraction of sp³-hybridized carbons (Fsp3) is 1.00. The molecule has 11 heavy (non-hydrogen) atoms.